The van der Waals surface area contributed by atoms with Crippen molar-refractivity contribution in [3.63, 3.8) is 0 Å². The van der Waals surface area contributed by atoms with Gasteiger partial charge < -0.3 is 5.32 Å². The van der Waals surface area contributed by atoms with Gasteiger partial charge in [0.1, 0.15) is 0 Å². The van der Waals surface area contributed by atoms with E-state index < -0.39 is 0 Å². The van der Waals surface area contributed by atoms with E-state index in [1.165, 1.54) is 5.37 Å². The minimum Gasteiger partial charge on any atom is -0.356 e. The molecule has 0 aliphatic heterocycles. The van der Waals surface area contributed by atoms with Crippen LogP contribution in [0.15, 0.2) is 0 Å². The first-order chi connectivity index (χ1) is 4.81. The fourth-order valence-electron chi connectivity index (χ4n) is 0.552. The van der Waals surface area contributed by atoms with Crippen LogP contribution >= 0.6 is 12.2 Å². The van der Waals surface area contributed by atoms with E-state index in [0.717, 1.165) is 19.4 Å². The van der Waals surface area contributed by atoms with Gasteiger partial charge in [0, 0.05) is 6.54 Å². The highest BCUT2D eigenvalue weighted by Crippen LogP contribution is 1.83. The zero-order chi connectivity index (χ0) is 7.82. The Morgan fingerprint density at radius 3 is 2.90 bits per heavy atom. The second-order valence-electron chi connectivity index (χ2n) is 2.07. The zero-order valence-electron chi connectivity index (χ0n) is 6.22. The van der Waals surface area contributed by atoms with E-state index in [0.29, 0.717) is 6.42 Å². The Morgan fingerprint density at radius 2 is 2.40 bits per heavy atom. The smallest absolute Gasteiger partial charge is 0.224 e. The molecule has 0 spiro atoms. The number of unbranched alkanes of at least 4 members (excludes halogenated alkanes) is 1. The third-order valence-corrected chi connectivity index (χ3v) is 1.29. The van der Waals surface area contributed by atoms with E-state index in [1.54, 1.807) is 0 Å². The molecule has 0 fully saturated rings. The highest BCUT2D eigenvalue weighted by atomic mass is 32.1. The van der Waals surface area contributed by atoms with Gasteiger partial charge in [-0.1, -0.05) is 25.6 Å². The summed E-state index contributed by atoms with van der Waals surface area (Å²) in [5.41, 5.74) is 0. The average molecular weight is 159 g/mol. The summed E-state index contributed by atoms with van der Waals surface area (Å²) in [7, 11) is 0. The van der Waals surface area contributed by atoms with Gasteiger partial charge in [0.15, 0.2) is 0 Å². The minimum atomic E-state index is 0.0310. The van der Waals surface area contributed by atoms with E-state index in [4.69, 9.17) is 0 Å². The van der Waals surface area contributed by atoms with Crippen LogP contribution in [0.1, 0.15) is 26.2 Å². The van der Waals surface area contributed by atoms with Crippen molar-refractivity contribution in [3.05, 3.63) is 0 Å². The van der Waals surface area contributed by atoms with Gasteiger partial charge in [0.25, 0.3) is 0 Å². The lowest BCUT2D eigenvalue weighted by Gasteiger charge is -1.99. The van der Waals surface area contributed by atoms with E-state index in [2.05, 4.69) is 24.5 Å². The third kappa shape index (κ3) is 5.69. The average Bonchev–Trinajstić information content (AvgIpc) is 1.89. The van der Waals surface area contributed by atoms with Crippen molar-refractivity contribution < 1.29 is 4.79 Å². The zero-order valence-corrected chi connectivity index (χ0v) is 7.04. The Kier molecular flexibility index (Phi) is 6.38. The van der Waals surface area contributed by atoms with Gasteiger partial charge in [0.2, 0.25) is 5.91 Å². The molecule has 0 heterocycles. The summed E-state index contributed by atoms with van der Waals surface area (Å²) in [6, 6.07) is 0. The Hall–Kier alpha value is -0.440. The van der Waals surface area contributed by atoms with Gasteiger partial charge in [-0.2, -0.15) is 0 Å². The standard InChI is InChI=1S/C7H13NOS/c1-2-3-5-8-7(9)4-6-10/h6H,2-5H2,1H3,(H,8,9). The van der Waals surface area contributed by atoms with Crippen molar-refractivity contribution in [2.45, 2.75) is 26.2 Å². The molecule has 1 N–H and O–H groups in total. The van der Waals surface area contributed by atoms with Crippen molar-refractivity contribution in [2.24, 2.45) is 0 Å². The van der Waals surface area contributed by atoms with Gasteiger partial charge in [-0.15, -0.1) is 0 Å². The summed E-state index contributed by atoms with van der Waals surface area (Å²) in [4.78, 5) is 10.7. The van der Waals surface area contributed by atoms with E-state index in [-0.39, 0.29) is 5.91 Å². The van der Waals surface area contributed by atoms with Crippen LogP contribution < -0.4 is 5.32 Å². The highest BCUT2D eigenvalue weighted by molar-refractivity contribution is 7.79. The number of amides is 1. The van der Waals surface area contributed by atoms with Crippen LogP contribution in [0.5, 0.6) is 0 Å². The van der Waals surface area contributed by atoms with Gasteiger partial charge >= 0.3 is 0 Å². The minimum absolute atomic E-state index is 0.0310. The van der Waals surface area contributed by atoms with Crippen LogP contribution in [0.2, 0.25) is 0 Å². The molecule has 0 saturated carbocycles. The van der Waals surface area contributed by atoms with E-state index >= 15 is 0 Å². The van der Waals surface area contributed by atoms with Crippen LogP contribution in [-0.4, -0.2) is 17.8 Å². The molecule has 0 bridgehead atoms. The van der Waals surface area contributed by atoms with Crippen LogP contribution in [-0.2, 0) is 4.79 Å². The fraction of sp³-hybridized carbons (Fsp3) is 0.714. The van der Waals surface area contributed by atoms with Crippen molar-refractivity contribution in [2.75, 3.05) is 6.54 Å². The Labute approximate surface area is 67.0 Å². The number of hydrogen-bond donors (Lipinski definition) is 1. The molecular weight excluding hydrogens is 146 g/mol. The molecule has 0 aromatic rings. The maximum atomic E-state index is 10.7. The molecule has 10 heavy (non-hydrogen) atoms. The Bertz CT molecular complexity index is 114. The van der Waals surface area contributed by atoms with Crippen LogP contribution in [0.25, 0.3) is 0 Å². The van der Waals surface area contributed by atoms with Gasteiger partial charge in [0.05, 0.1) is 6.42 Å². The second-order valence-corrected chi connectivity index (χ2v) is 2.41. The topological polar surface area (TPSA) is 29.1 Å². The molecule has 1 amide bonds. The summed E-state index contributed by atoms with van der Waals surface area (Å²) >= 11 is 4.52. The normalized spacial score (nSPS) is 8.90. The molecule has 0 aromatic carbocycles. The summed E-state index contributed by atoms with van der Waals surface area (Å²) in [5, 5.41) is 4.19. The molecule has 0 rings (SSSR count). The van der Waals surface area contributed by atoms with E-state index in [1.807, 2.05) is 0 Å². The van der Waals surface area contributed by atoms with Crippen LogP contribution in [0.3, 0.4) is 0 Å². The molecule has 0 unspecified atom stereocenters. The predicted molar refractivity (Wildman–Crippen MR) is 46.2 cm³/mol. The summed E-state index contributed by atoms with van der Waals surface area (Å²) in [6.45, 7) is 2.86. The molecule has 0 radical (unpaired) electrons. The number of thiocarbonyl (C=S) groups is 1. The van der Waals surface area contributed by atoms with Crippen LogP contribution in [0.4, 0.5) is 0 Å². The first-order valence-corrected chi connectivity index (χ1v) is 3.98. The summed E-state index contributed by atoms with van der Waals surface area (Å²) in [6.07, 6.45) is 2.51. The SMILES string of the molecule is CCCCNC(=O)CC=S. The number of rotatable bonds is 5. The fourth-order valence-corrected chi connectivity index (χ4v) is 0.704. The lowest BCUT2D eigenvalue weighted by atomic mass is 10.3. The van der Waals surface area contributed by atoms with Crippen LogP contribution in [0, 0.1) is 0 Å². The molecule has 0 aliphatic rings. The number of carbonyl (C=O) groups excluding carboxylic acids is 1. The Morgan fingerprint density at radius 1 is 1.70 bits per heavy atom. The molecule has 58 valence electrons. The molecule has 0 atom stereocenters. The third-order valence-electron chi connectivity index (χ3n) is 1.12. The lowest BCUT2D eigenvalue weighted by Crippen LogP contribution is -2.23. The first kappa shape index (κ1) is 9.56. The lowest BCUT2D eigenvalue weighted by molar-refractivity contribution is -0.119. The molecule has 0 saturated heterocycles. The molecule has 0 aliphatic carbocycles. The molecule has 2 nitrogen and oxygen atoms in total. The molecular formula is C7H13NOS. The maximum absolute atomic E-state index is 10.7. The quantitative estimate of drug-likeness (QED) is 0.484. The number of hydrogen-bond acceptors (Lipinski definition) is 2. The summed E-state index contributed by atoms with van der Waals surface area (Å²) in [5.74, 6) is 0.0310. The molecule has 3 heteroatoms. The van der Waals surface area contributed by atoms with Gasteiger partial charge in [-0.3, -0.25) is 4.79 Å². The van der Waals surface area contributed by atoms with Crippen molar-refractivity contribution >= 4 is 23.5 Å². The maximum Gasteiger partial charge on any atom is 0.224 e. The van der Waals surface area contributed by atoms with Crippen molar-refractivity contribution in [3.8, 4) is 0 Å². The van der Waals surface area contributed by atoms with E-state index in [9.17, 15) is 4.79 Å². The summed E-state index contributed by atoms with van der Waals surface area (Å²) < 4.78 is 0. The monoisotopic (exact) mass is 159 g/mol. The van der Waals surface area contributed by atoms with Crippen molar-refractivity contribution in [1.29, 1.82) is 0 Å². The first-order valence-electron chi connectivity index (χ1n) is 3.51. The van der Waals surface area contributed by atoms with Gasteiger partial charge in [-0.25, -0.2) is 0 Å². The second kappa shape index (κ2) is 6.68. The Balaban J connectivity index is 3.13. The van der Waals surface area contributed by atoms with Crippen molar-refractivity contribution in [1.82, 2.24) is 5.32 Å². The largest absolute Gasteiger partial charge is 0.356 e. The number of nitrogens with one attached hydrogen (secondary N) is 1. The van der Waals surface area contributed by atoms with Gasteiger partial charge in [-0.05, 0) is 11.8 Å². The molecule has 0 aromatic heterocycles. The highest BCUT2D eigenvalue weighted by Gasteiger charge is 1.94. The number of carbonyl (C=O) groups is 1. The predicted octanol–water partition coefficient (Wildman–Crippen LogP) is 1.29.